The van der Waals surface area contributed by atoms with E-state index in [2.05, 4.69) is 24.7 Å². The molecule has 8 N–H and O–H groups in total. The second-order valence-corrected chi connectivity index (χ2v) is 10.7. The molecule has 16 nitrogen and oxygen atoms in total. The minimum Gasteiger partial charge on any atom is -0.387 e. The maximum absolute atomic E-state index is 11.8. The highest BCUT2D eigenvalue weighted by atomic mass is 31.3. The molecule has 178 valence electrons. The van der Waals surface area contributed by atoms with Gasteiger partial charge in [-0.25, -0.2) is 18.7 Å². The molecule has 6 unspecified atom stereocenters. The number of phosphoric ester groups is 1. The van der Waals surface area contributed by atoms with Crippen molar-refractivity contribution in [3.63, 3.8) is 0 Å². The van der Waals surface area contributed by atoms with Crippen LogP contribution >= 0.6 is 23.5 Å². The van der Waals surface area contributed by atoms with Crippen LogP contribution in [0.5, 0.6) is 0 Å². The molecule has 2 rings (SSSR count). The molecule has 0 aromatic heterocycles. The maximum Gasteiger partial charge on any atom is 0.490 e. The van der Waals surface area contributed by atoms with E-state index >= 15 is 0 Å². The van der Waals surface area contributed by atoms with Crippen molar-refractivity contribution in [2.75, 3.05) is 13.2 Å². The van der Waals surface area contributed by atoms with E-state index in [0.29, 0.717) is 6.54 Å². The van der Waals surface area contributed by atoms with Crippen LogP contribution in [0, 0.1) is 0 Å². The van der Waals surface area contributed by atoms with Crippen LogP contribution in [0.2, 0.25) is 0 Å². The van der Waals surface area contributed by atoms with E-state index in [0.717, 1.165) is 0 Å². The molecule has 0 saturated carbocycles. The molecule has 6 atom stereocenters. The van der Waals surface area contributed by atoms with Gasteiger partial charge in [-0.15, -0.1) is 0 Å². The van der Waals surface area contributed by atoms with Crippen LogP contribution in [-0.4, -0.2) is 78.2 Å². The molecule has 19 heteroatoms. The Morgan fingerprint density at radius 1 is 1.16 bits per heavy atom. The monoisotopic (exact) mass is 509 g/mol. The lowest BCUT2D eigenvalue weighted by Crippen LogP contribution is -2.39. The number of aliphatic hydroxyl groups excluding tert-OH is 2. The fraction of sp³-hybridized carbons (Fsp3) is 0.583. The zero-order chi connectivity index (χ0) is 23.8. The smallest absolute Gasteiger partial charge is 0.387 e. The van der Waals surface area contributed by atoms with Gasteiger partial charge in [0, 0.05) is 18.3 Å². The van der Waals surface area contributed by atoms with Gasteiger partial charge in [0.2, 0.25) is 5.96 Å². The van der Waals surface area contributed by atoms with Crippen LogP contribution in [0.1, 0.15) is 6.92 Å². The molecule has 31 heavy (non-hydrogen) atoms. The van der Waals surface area contributed by atoms with Crippen LogP contribution in [0.15, 0.2) is 29.0 Å². The first kappa shape index (κ1) is 26.3. The molecule has 1 saturated heterocycles. The van der Waals surface area contributed by atoms with Crippen molar-refractivity contribution in [2.45, 2.75) is 31.3 Å². The van der Waals surface area contributed by atoms with Crippen LogP contribution < -0.4 is 5.73 Å². The summed E-state index contributed by atoms with van der Waals surface area (Å²) < 4.78 is 50.8. The fourth-order valence-corrected chi connectivity index (χ4v) is 5.71. The van der Waals surface area contributed by atoms with Crippen LogP contribution in [-0.2, 0) is 31.6 Å². The van der Waals surface area contributed by atoms with Crippen molar-refractivity contribution in [1.29, 1.82) is 0 Å². The molecular weight excluding hydrogens is 487 g/mol. The standard InChI is InChI=1S/C12H22N3O13P3/c1-3-15-4-7(6(2)14-12(15)13)11-10(17)9(16)8(26-11)5-25-30(21,22)28-31(23,24)27-29(18,19)20/h4,8-11,16-17H,2-3,5H2,1H3,(H2,13,14)(H,21,22)(H,23,24)(H2,18,19,20). The van der Waals surface area contributed by atoms with E-state index in [4.69, 9.17) is 25.2 Å². The van der Waals surface area contributed by atoms with Gasteiger partial charge < -0.3 is 45.2 Å². The molecule has 0 aromatic rings. The fourth-order valence-electron chi connectivity index (χ4n) is 2.68. The number of ether oxygens (including phenoxy) is 1. The number of hydrogen-bond acceptors (Lipinski definition) is 12. The van der Waals surface area contributed by atoms with E-state index in [1.807, 2.05) is 0 Å². The normalized spacial score (nSPS) is 31.1. The Hall–Kier alpha value is -0.960. The zero-order valence-electron chi connectivity index (χ0n) is 15.9. The van der Waals surface area contributed by atoms with E-state index < -0.39 is 54.5 Å². The maximum atomic E-state index is 11.8. The lowest BCUT2D eigenvalue weighted by atomic mass is 10.00. The van der Waals surface area contributed by atoms with Gasteiger partial charge >= 0.3 is 23.5 Å². The summed E-state index contributed by atoms with van der Waals surface area (Å²) in [5, 5.41) is 20.5. The van der Waals surface area contributed by atoms with Gasteiger partial charge in [-0.3, -0.25) is 4.52 Å². The van der Waals surface area contributed by atoms with Gasteiger partial charge in [0.25, 0.3) is 0 Å². The van der Waals surface area contributed by atoms with E-state index in [1.165, 1.54) is 11.1 Å². The van der Waals surface area contributed by atoms with Gasteiger partial charge in [0.05, 0.1) is 12.3 Å². The summed E-state index contributed by atoms with van der Waals surface area (Å²) in [6.07, 6.45) is -4.27. The first-order valence-electron chi connectivity index (χ1n) is 8.37. The van der Waals surface area contributed by atoms with Crippen molar-refractivity contribution in [2.24, 2.45) is 10.7 Å². The quantitative estimate of drug-likeness (QED) is 0.182. The highest BCUT2D eigenvalue weighted by Gasteiger charge is 2.47. The molecule has 1 fully saturated rings. The molecule has 2 heterocycles. The Labute approximate surface area is 175 Å². The van der Waals surface area contributed by atoms with E-state index in [1.54, 1.807) is 6.92 Å². The van der Waals surface area contributed by atoms with E-state index in [9.17, 15) is 28.8 Å². The number of rotatable bonds is 9. The molecule has 0 amide bonds. The van der Waals surface area contributed by atoms with Crippen molar-refractivity contribution in [3.05, 3.63) is 24.0 Å². The number of aliphatic hydroxyl groups is 2. The topological polar surface area (TPSA) is 251 Å². The molecule has 0 aromatic carbocycles. The van der Waals surface area contributed by atoms with E-state index in [-0.39, 0.29) is 17.2 Å². The SMILES string of the molecule is C=C1N=C(N)N(CC)C=C1C1OC(COP(=O)(O)OP(=O)(O)OP(=O)(O)O)C(O)C1O. The summed E-state index contributed by atoms with van der Waals surface area (Å²) in [6, 6.07) is 0. The summed E-state index contributed by atoms with van der Waals surface area (Å²) in [5.41, 5.74) is 6.15. The molecule has 0 aliphatic carbocycles. The van der Waals surface area contributed by atoms with Crippen LogP contribution in [0.25, 0.3) is 0 Å². The Morgan fingerprint density at radius 3 is 2.32 bits per heavy atom. The van der Waals surface area contributed by atoms with Crippen molar-refractivity contribution < 1.29 is 61.4 Å². The summed E-state index contributed by atoms with van der Waals surface area (Å²) in [6.45, 7) is 4.96. The summed E-state index contributed by atoms with van der Waals surface area (Å²) in [4.78, 5) is 41.1. The average Bonchev–Trinajstić information content (AvgIpc) is 2.85. The number of nitrogens with two attached hydrogens (primary N) is 1. The van der Waals surface area contributed by atoms with Crippen molar-refractivity contribution >= 4 is 29.4 Å². The molecule has 2 aliphatic heterocycles. The number of nitrogens with zero attached hydrogens (tertiary/aromatic N) is 2. The molecular formula is C12H22N3O13P3. The molecule has 0 spiro atoms. The average molecular weight is 509 g/mol. The number of hydrogen-bond donors (Lipinski definition) is 7. The Kier molecular flexibility index (Phi) is 8.05. The summed E-state index contributed by atoms with van der Waals surface area (Å²) >= 11 is 0. The van der Waals surface area contributed by atoms with Gasteiger partial charge in [0.15, 0.2) is 0 Å². The van der Waals surface area contributed by atoms with Gasteiger partial charge in [-0.05, 0) is 6.92 Å². The first-order chi connectivity index (χ1) is 14.1. The minimum absolute atomic E-state index is 0.145. The highest BCUT2D eigenvalue weighted by molar-refractivity contribution is 7.66. The lowest BCUT2D eigenvalue weighted by Gasteiger charge is -2.27. The highest BCUT2D eigenvalue weighted by Crippen LogP contribution is 2.66. The molecule has 0 radical (unpaired) electrons. The Morgan fingerprint density at radius 2 is 1.77 bits per heavy atom. The Bertz CT molecular complexity index is 917. The Balaban J connectivity index is 2.06. The third kappa shape index (κ3) is 7.01. The summed E-state index contributed by atoms with van der Waals surface area (Å²) in [7, 11) is -16.6. The van der Waals surface area contributed by atoms with Gasteiger partial charge in [0.1, 0.15) is 24.4 Å². The predicted octanol–water partition coefficient (Wildman–Crippen LogP) is -1.13. The molecule has 2 aliphatic rings. The third-order valence-corrected chi connectivity index (χ3v) is 7.80. The van der Waals surface area contributed by atoms with Crippen LogP contribution in [0.3, 0.4) is 0 Å². The first-order valence-corrected chi connectivity index (χ1v) is 12.9. The summed E-state index contributed by atoms with van der Waals surface area (Å²) in [5.74, 6) is 0.147. The lowest BCUT2D eigenvalue weighted by molar-refractivity contribution is -0.0136. The van der Waals surface area contributed by atoms with Crippen LogP contribution in [0.4, 0.5) is 0 Å². The predicted molar refractivity (Wildman–Crippen MR) is 102 cm³/mol. The second kappa shape index (κ2) is 9.49. The minimum atomic E-state index is -5.69. The zero-order valence-corrected chi connectivity index (χ0v) is 18.5. The van der Waals surface area contributed by atoms with Crippen molar-refractivity contribution in [3.8, 4) is 0 Å². The van der Waals surface area contributed by atoms with Gasteiger partial charge in [-0.1, -0.05) is 6.58 Å². The molecule has 0 bridgehead atoms. The third-order valence-electron chi connectivity index (χ3n) is 4.00. The van der Waals surface area contributed by atoms with Crippen molar-refractivity contribution in [1.82, 2.24) is 4.90 Å². The van der Waals surface area contributed by atoms with Gasteiger partial charge in [-0.2, -0.15) is 8.62 Å². The number of guanidine groups is 1. The number of aliphatic imine (C=N–C) groups is 1. The number of phosphoric acid groups is 3. The largest absolute Gasteiger partial charge is 0.490 e. The second-order valence-electron chi connectivity index (χ2n) is 6.25.